The van der Waals surface area contributed by atoms with Gasteiger partial charge in [0, 0.05) is 19.3 Å². The van der Waals surface area contributed by atoms with Crippen molar-refractivity contribution in [3.05, 3.63) is 22.8 Å². The molecule has 0 spiro atoms. The van der Waals surface area contributed by atoms with Crippen molar-refractivity contribution in [1.29, 1.82) is 0 Å². The molecule has 1 amide bonds. The Morgan fingerprint density at radius 1 is 1.43 bits per heavy atom. The van der Waals surface area contributed by atoms with E-state index in [1.807, 2.05) is 27.7 Å². The van der Waals surface area contributed by atoms with E-state index >= 15 is 0 Å². The Morgan fingerprint density at radius 2 is 2.14 bits per heavy atom. The van der Waals surface area contributed by atoms with Gasteiger partial charge in [0.25, 0.3) is 5.91 Å². The van der Waals surface area contributed by atoms with Gasteiger partial charge in [-0.25, -0.2) is 4.98 Å². The first-order valence-electron chi connectivity index (χ1n) is 7.27. The lowest BCUT2D eigenvalue weighted by atomic mass is 10.0. The van der Waals surface area contributed by atoms with Gasteiger partial charge in [0.2, 0.25) is 0 Å². The number of amides is 1. The van der Waals surface area contributed by atoms with E-state index in [1.165, 1.54) is 6.20 Å². The normalized spacial score (nSPS) is 12.3. The van der Waals surface area contributed by atoms with Crippen molar-refractivity contribution < 1.29 is 9.53 Å². The molecule has 0 aliphatic carbocycles. The van der Waals surface area contributed by atoms with Crippen LogP contribution in [0.4, 0.5) is 5.82 Å². The van der Waals surface area contributed by atoms with Crippen LogP contribution in [0, 0.1) is 5.92 Å². The Hall–Kier alpha value is -1.33. The molecule has 6 heteroatoms. The lowest BCUT2D eigenvalue weighted by molar-refractivity contribution is 0.0806. The summed E-state index contributed by atoms with van der Waals surface area (Å²) < 4.78 is 5.41. The standard InChI is InChI=1S/C15H24ClN3O2/c1-5-17-14-7-11(12(16)8-18-14)15(20)19-13(10(3)4)9-21-6-2/h7-8,10,13H,5-6,9H2,1-4H3,(H,17,18)(H,19,20). The highest BCUT2D eigenvalue weighted by atomic mass is 35.5. The van der Waals surface area contributed by atoms with Crippen LogP contribution in [0.15, 0.2) is 12.3 Å². The van der Waals surface area contributed by atoms with Crippen molar-refractivity contribution >= 4 is 23.3 Å². The minimum Gasteiger partial charge on any atom is -0.380 e. The summed E-state index contributed by atoms with van der Waals surface area (Å²) in [6.07, 6.45) is 1.49. The summed E-state index contributed by atoms with van der Waals surface area (Å²) >= 11 is 6.08. The molecule has 1 rings (SSSR count). The molecule has 0 aliphatic rings. The summed E-state index contributed by atoms with van der Waals surface area (Å²) in [5.74, 6) is 0.701. The first-order valence-corrected chi connectivity index (χ1v) is 7.65. The molecule has 1 unspecified atom stereocenters. The van der Waals surface area contributed by atoms with E-state index in [2.05, 4.69) is 15.6 Å². The number of nitrogens with one attached hydrogen (secondary N) is 2. The van der Waals surface area contributed by atoms with Crippen LogP contribution < -0.4 is 10.6 Å². The monoisotopic (exact) mass is 313 g/mol. The number of halogens is 1. The molecule has 1 atom stereocenters. The zero-order valence-corrected chi connectivity index (χ0v) is 13.8. The maximum Gasteiger partial charge on any atom is 0.253 e. The molecule has 1 heterocycles. The highest BCUT2D eigenvalue weighted by molar-refractivity contribution is 6.33. The second kappa shape index (κ2) is 8.85. The molecule has 118 valence electrons. The molecule has 21 heavy (non-hydrogen) atoms. The Labute approximate surface area is 131 Å². The zero-order chi connectivity index (χ0) is 15.8. The fourth-order valence-electron chi connectivity index (χ4n) is 1.78. The van der Waals surface area contributed by atoms with Crippen molar-refractivity contribution in [2.45, 2.75) is 33.7 Å². The van der Waals surface area contributed by atoms with E-state index in [0.717, 1.165) is 6.54 Å². The Bertz CT molecular complexity index is 466. The number of ether oxygens (including phenoxy) is 1. The van der Waals surface area contributed by atoms with Gasteiger partial charge in [0.15, 0.2) is 0 Å². The summed E-state index contributed by atoms with van der Waals surface area (Å²) in [6, 6.07) is 1.61. The molecular weight excluding hydrogens is 290 g/mol. The molecule has 1 aromatic rings. The molecule has 5 nitrogen and oxygen atoms in total. The van der Waals surface area contributed by atoms with Crippen LogP contribution in [0.5, 0.6) is 0 Å². The van der Waals surface area contributed by atoms with E-state index < -0.39 is 0 Å². The number of rotatable bonds is 8. The molecule has 0 aliphatic heterocycles. The van der Waals surface area contributed by atoms with Gasteiger partial charge in [-0.05, 0) is 25.8 Å². The Kier molecular flexibility index (Phi) is 7.47. The first kappa shape index (κ1) is 17.7. The number of pyridine rings is 1. The van der Waals surface area contributed by atoms with Gasteiger partial charge in [-0.2, -0.15) is 0 Å². The van der Waals surface area contributed by atoms with Crippen LogP contribution in [0.1, 0.15) is 38.1 Å². The summed E-state index contributed by atoms with van der Waals surface area (Å²) in [6.45, 7) is 9.83. The molecule has 0 bridgehead atoms. The number of carbonyl (C=O) groups is 1. The van der Waals surface area contributed by atoms with Gasteiger partial charge in [-0.3, -0.25) is 4.79 Å². The Morgan fingerprint density at radius 3 is 2.71 bits per heavy atom. The van der Waals surface area contributed by atoms with E-state index in [1.54, 1.807) is 6.07 Å². The summed E-state index contributed by atoms with van der Waals surface area (Å²) in [5.41, 5.74) is 0.421. The van der Waals surface area contributed by atoms with E-state index in [-0.39, 0.29) is 17.9 Å². The highest BCUT2D eigenvalue weighted by Gasteiger charge is 2.19. The summed E-state index contributed by atoms with van der Waals surface area (Å²) in [4.78, 5) is 16.5. The van der Waals surface area contributed by atoms with Crippen molar-refractivity contribution in [3.63, 3.8) is 0 Å². The average Bonchev–Trinajstić information content (AvgIpc) is 2.45. The van der Waals surface area contributed by atoms with Crippen LogP contribution in [-0.2, 0) is 4.74 Å². The Balaban J connectivity index is 2.83. The lowest BCUT2D eigenvalue weighted by Crippen LogP contribution is -2.42. The largest absolute Gasteiger partial charge is 0.380 e. The fraction of sp³-hybridized carbons (Fsp3) is 0.600. The summed E-state index contributed by atoms with van der Waals surface area (Å²) in [7, 11) is 0. The molecule has 1 aromatic heterocycles. The van der Waals surface area contributed by atoms with E-state index in [9.17, 15) is 4.79 Å². The van der Waals surface area contributed by atoms with Crippen LogP contribution >= 0.6 is 11.6 Å². The minimum atomic E-state index is -0.208. The molecule has 0 saturated carbocycles. The molecule has 2 N–H and O–H groups in total. The number of hydrogen-bond donors (Lipinski definition) is 2. The predicted octanol–water partition coefficient (Wildman–Crippen LogP) is 2.96. The topological polar surface area (TPSA) is 63.2 Å². The average molecular weight is 314 g/mol. The number of hydrogen-bond acceptors (Lipinski definition) is 4. The van der Waals surface area contributed by atoms with Crippen molar-refractivity contribution in [3.8, 4) is 0 Å². The molecule has 0 aromatic carbocycles. The second-order valence-electron chi connectivity index (χ2n) is 5.06. The molecule has 0 saturated heterocycles. The third-order valence-electron chi connectivity index (χ3n) is 3.08. The van der Waals surface area contributed by atoms with Gasteiger partial charge in [-0.15, -0.1) is 0 Å². The third-order valence-corrected chi connectivity index (χ3v) is 3.38. The van der Waals surface area contributed by atoms with Gasteiger partial charge in [0.1, 0.15) is 5.82 Å². The maximum atomic E-state index is 12.4. The fourth-order valence-corrected chi connectivity index (χ4v) is 1.97. The van der Waals surface area contributed by atoms with Gasteiger partial charge in [-0.1, -0.05) is 25.4 Å². The number of nitrogens with zero attached hydrogens (tertiary/aromatic N) is 1. The summed E-state index contributed by atoms with van der Waals surface area (Å²) in [5, 5.41) is 6.38. The SMILES string of the molecule is CCNc1cc(C(=O)NC(COCC)C(C)C)c(Cl)cn1. The highest BCUT2D eigenvalue weighted by Crippen LogP contribution is 2.18. The predicted molar refractivity (Wildman–Crippen MR) is 86.0 cm³/mol. The number of anilines is 1. The minimum absolute atomic E-state index is 0.0516. The van der Waals surface area contributed by atoms with Crippen LogP contribution in [-0.4, -0.2) is 36.7 Å². The number of carbonyl (C=O) groups excluding carboxylic acids is 1. The first-order chi connectivity index (χ1) is 9.99. The van der Waals surface area contributed by atoms with E-state index in [0.29, 0.717) is 29.6 Å². The van der Waals surface area contributed by atoms with E-state index in [4.69, 9.17) is 16.3 Å². The zero-order valence-electron chi connectivity index (χ0n) is 13.1. The van der Waals surface area contributed by atoms with Crippen molar-refractivity contribution in [2.75, 3.05) is 25.1 Å². The van der Waals surface area contributed by atoms with Crippen molar-refractivity contribution in [2.24, 2.45) is 5.92 Å². The quantitative estimate of drug-likeness (QED) is 0.774. The van der Waals surface area contributed by atoms with Crippen LogP contribution in [0.2, 0.25) is 5.02 Å². The third kappa shape index (κ3) is 5.52. The van der Waals surface area contributed by atoms with Crippen molar-refractivity contribution in [1.82, 2.24) is 10.3 Å². The maximum absolute atomic E-state index is 12.4. The lowest BCUT2D eigenvalue weighted by Gasteiger charge is -2.22. The van der Waals surface area contributed by atoms with Gasteiger partial charge >= 0.3 is 0 Å². The smallest absolute Gasteiger partial charge is 0.253 e. The second-order valence-corrected chi connectivity index (χ2v) is 5.47. The molecule has 0 fully saturated rings. The van der Waals surface area contributed by atoms with Crippen LogP contribution in [0.25, 0.3) is 0 Å². The van der Waals surface area contributed by atoms with Gasteiger partial charge < -0.3 is 15.4 Å². The van der Waals surface area contributed by atoms with Gasteiger partial charge in [0.05, 0.1) is 23.2 Å². The van der Waals surface area contributed by atoms with Crippen LogP contribution in [0.3, 0.4) is 0 Å². The number of aromatic nitrogens is 1. The molecule has 0 radical (unpaired) electrons. The molecular formula is C15H24ClN3O2.